The second-order valence-electron chi connectivity index (χ2n) is 13.0. The SMILES string of the molecule is c1ccc2c(c1)OC1=C(CCCC1)N2c1ccc2c(c1)Oc1cccc3c1B2c1cc(-c2cccc4c2sc2ccccc24)ccc1S3. The molecule has 0 atom stereocenters. The third-order valence-corrected chi connectivity index (χ3v) is 12.7. The Morgan fingerprint density at radius 3 is 2.48 bits per heavy atom. The maximum Gasteiger partial charge on any atom is 0.253 e. The summed E-state index contributed by atoms with van der Waals surface area (Å²) < 4.78 is 15.9. The molecule has 0 bridgehead atoms. The summed E-state index contributed by atoms with van der Waals surface area (Å²) in [7, 11) is 0. The van der Waals surface area contributed by atoms with Crippen LogP contribution in [0.1, 0.15) is 25.7 Å². The highest BCUT2D eigenvalue weighted by molar-refractivity contribution is 8.00. The van der Waals surface area contributed by atoms with Crippen LogP contribution >= 0.6 is 23.1 Å². The van der Waals surface area contributed by atoms with Crippen molar-refractivity contribution < 1.29 is 9.47 Å². The van der Waals surface area contributed by atoms with Crippen molar-refractivity contribution in [1.82, 2.24) is 0 Å². The van der Waals surface area contributed by atoms with Gasteiger partial charge in [0.05, 0.1) is 11.4 Å². The van der Waals surface area contributed by atoms with Crippen molar-refractivity contribution in [3.05, 3.63) is 133 Å². The first-order valence-electron chi connectivity index (χ1n) is 16.7. The molecule has 228 valence electrons. The van der Waals surface area contributed by atoms with Crippen LogP contribution in [-0.2, 0) is 0 Å². The third kappa shape index (κ3) is 3.90. The summed E-state index contributed by atoms with van der Waals surface area (Å²) in [6.45, 7) is 0.0910. The van der Waals surface area contributed by atoms with Crippen LogP contribution in [0, 0.1) is 0 Å². The van der Waals surface area contributed by atoms with Gasteiger partial charge in [0.1, 0.15) is 17.3 Å². The molecule has 6 heteroatoms. The van der Waals surface area contributed by atoms with E-state index in [1.54, 1.807) is 0 Å². The number of hydrogen-bond donors (Lipinski definition) is 0. The number of benzene rings is 6. The number of hydrogen-bond acceptors (Lipinski definition) is 5. The number of fused-ring (bicyclic) bond motifs is 8. The number of anilines is 2. The fourth-order valence-corrected chi connectivity index (χ4v) is 10.6. The maximum absolute atomic E-state index is 6.82. The number of para-hydroxylation sites is 2. The van der Waals surface area contributed by atoms with Crippen molar-refractivity contribution in [2.75, 3.05) is 4.90 Å². The summed E-state index contributed by atoms with van der Waals surface area (Å²) in [5.41, 5.74) is 9.90. The predicted molar refractivity (Wildman–Crippen MR) is 201 cm³/mol. The highest BCUT2D eigenvalue weighted by atomic mass is 32.2. The molecule has 3 nitrogen and oxygen atoms in total. The van der Waals surface area contributed by atoms with Crippen LogP contribution < -0.4 is 30.8 Å². The molecule has 4 heterocycles. The Morgan fingerprint density at radius 1 is 0.625 bits per heavy atom. The second-order valence-corrected chi connectivity index (χ2v) is 15.2. The molecular weight excluding hydrogens is 625 g/mol. The van der Waals surface area contributed by atoms with Gasteiger partial charge in [0.25, 0.3) is 6.71 Å². The summed E-state index contributed by atoms with van der Waals surface area (Å²) in [6.07, 6.45) is 4.33. The maximum atomic E-state index is 6.82. The number of rotatable bonds is 2. The molecule has 0 saturated carbocycles. The molecule has 1 aliphatic carbocycles. The lowest BCUT2D eigenvalue weighted by Gasteiger charge is -2.38. The molecule has 0 N–H and O–H groups in total. The number of allylic oxidation sites excluding steroid dienone is 2. The van der Waals surface area contributed by atoms with Crippen molar-refractivity contribution in [2.24, 2.45) is 0 Å². The smallest absolute Gasteiger partial charge is 0.253 e. The van der Waals surface area contributed by atoms with E-state index in [2.05, 4.69) is 126 Å². The zero-order valence-electron chi connectivity index (χ0n) is 26.0. The van der Waals surface area contributed by atoms with Gasteiger partial charge < -0.3 is 14.4 Å². The summed E-state index contributed by atoms with van der Waals surface area (Å²) in [6, 6.07) is 44.4. The van der Waals surface area contributed by atoms with Gasteiger partial charge in [0.2, 0.25) is 0 Å². The summed E-state index contributed by atoms with van der Waals surface area (Å²) in [4.78, 5) is 5.00. The molecule has 48 heavy (non-hydrogen) atoms. The third-order valence-electron chi connectivity index (χ3n) is 10.4. The molecule has 0 saturated heterocycles. The first kappa shape index (κ1) is 27.1. The Bertz CT molecular complexity index is 2530. The van der Waals surface area contributed by atoms with E-state index in [1.807, 2.05) is 23.1 Å². The Hall–Kier alpha value is -4.91. The minimum Gasteiger partial charge on any atom is -0.458 e. The van der Waals surface area contributed by atoms with Crippen molar-refractivity contribution in [3.63, 3.8) is 0 Å². The Kier molecular flexibility index (Phi) is 5.81. The highest BCUT2D eigenvalue weighted by Crippen LogP contribution is 2.48. The van der Waals surface area contributed by atoms with Gasteiger partial charge in [-0.15, -0.1) is 11.3 Å². The molecule has 6 aromatic carbocycles. The van der Waals surface area contributed by atoms with E-state index in [9.17, 15) is 0 Å². The molecular formula is C42H28BNO2S2. The molecule has 1 aromatic heterocycles. The van der Waals surface area contributed by atoms with Gasteiger partial charge in [-0.05, 0) is 83.8 Å². The fraction of sp³-hybridized carbons (Fsp3) is 0.0952. The molecule has 0 radical (unpaired) electrons. The number of ether oxygens (including phenoxy) is 2. The molecule has 11 rings (SSSR count). The molecule has 0 amide bonds. The van der Waals surface area contributed by atoms with Gasteiger partial charge in [-0.3, -0.25) is 0 Å². The fourth-order valence-electron chi connectivity index (χ4n) is 8.21. The van der Waals surface area contributed by atoms with E-state index < -0.39 is 0 Å². The zero-order chi connectivity index (χ0) is 31.3. The quantitative estimate of drug-likeness (QED) is 0.173. The van der Waals surface area contributed by atoms with E-state index in [-0.39, 0.29) is 6.71 Å². The van der Waals surface area contributed by atoms with Crippen LogP contribution in [0.4, 0.5) is 11.4 Å². The monoisotopic (exact) mass is 653 g/mol. The van der Waals surface area contributed by atoms with Gasteiger partial charge in [-0.25, -0.2) is 0 Å². The van der Waals surface area contributed by atoms with Gasteiger partial charge in [-0.1, -0.05) is 90.0 Å². The van der Waals surface area contributed by atoms with E-state index in [0.29, 0.717) is 0 Å². The van der Waals surface area contributed by atoms with Gasteiger partial charge in [-0.2, -0.15) is 0 Å². The van der Waals surface area contributed by atoms with Crippen LogP contribution in [0.2, 0.25) is 0 Å². The Labute approximate surface area is 287 Å². The van der Waals surface area contributed by atoms with Crippen molar-refractivity contribution >= 4 is 77.7 Å². The number of thiophene rings is 1. The van der Waals surface area contributed by atoms with E-state index in [0.717, 1.165) is 47.2 Å². The van der Waals surface area contributed by atoms with Crippen LogP contribution in [0.5, 0.6) is 17.2 Å². The average molecular weight is 654 g/mol. The first-order valence-corrected chi connectivity index (χ1v) is 18.4. The van der Waals surface area contributed by atoms with Gasteiger partial charge in [0.15, 0.2) is 5.75 Å². The molecule has 7 aromatic rings. The molecule has 0 spiro atoms. The molecule has 3 aliphatic heterocycles. The largest absolute Gasteiger partial charge is 0.458 e. The van der Waals surface area contributed by atoms with Crippen molar-refractivity contribution in [2.45, 2.75) is 35.5 Å². The second kappa shape index (κ2) is 10.3. The lowest BCUT2D eigenvalue weighted by molar-refractivity contribution is 0.363. The standard InChI is InChI=1S/C42H28BNO2S2/c1-6-17-38-28(9-1)29-11-7-10-27(42(29)48-38)25-19-22-39-31(23-25)43-30-21-20-26(24-37(30)46-36-16-8-18-40(47-39)41(36)43)44-32-12-2-4-14-34(32)45-35-15-5-3-13-33(35)44/h1-2,4,6-12,14,16-24H,3,5,13,15H2. The molecule has 0 fully saturated rings. The van der Waals surface area contributed by atoms with E-state index >= 15 is 0 Å². The van der Waals surface area contributed by atoms with Gasteiger partial charge >= 0.3 is 0 Å². The van der Waals surface area contributed by atoms with E-state index in [1.165, 1.54) is 76.0 Å². The Balaban J connectivity index is 1.08. The molecule has 0 unspecified atom stereocenters. The van der Waals surface area contributed by atoms with Crippen molar-refractivity contribution in [3.8, 4) is 28.4 Å². The molecule has 4 aliphatic rings. The van der Waals surface area contributed by atoms with Crippen LogP contribution in [0.15, 0.2) is 143 Å². The van der Waals surface area contributed by atoms with Crippen LogP contribution in [-0.4, -0.2) is 6.71 Å². The first-order chi connectivity index (χ1) is 23.8. The lowest BCUT2D eigenvalue weighted by atomic mass is 9.35. The normalized spacial score (nSPS) is 15.7. The summed E-state index contributed by atoms with van der Waals surface area (Å²) >= 11 is 3.75. The average Bonchev–Trinajstić information content (AvgIpc) is 3.52. The minimum absolute atomic E-state index is 0.0910. The minimum atomic E-state index is 0.0910. The number of nitrogens with zero attached hydrogens (tertiary/aromatic N) is 1. The van der Waals surface area contributed by atoms with Crippen molar-refractivity contribution in [1.29, 1.82) is 0 Å². The van der Waals surface area contributed by atoms with Gasteiger partial charge in [0, 0.05) is 48.1 Å². The highest BCUT2D eigenvalue weighted by Gasteiger charge is 2.40. The van der Waals surface area contributed by atoms with E-state index in [4.69, 9.17) is 9.47 Å². The zero-order valence-corrected chi connectivity index (χ0v) is 27.7. The lowest BCUT2D eigenvalue weighted by Crippen LogP contribution is -2.57. The Morgan fingerprint density at radius 2 is 1.48 bits per heavy atom. The van der Waals surface area contributed by atoms with Crippen LogP contribution in [0.3, 0.4) is 0 Å². The topological polar surface area (TPSA) is 21.7 Å². The van der Waals surface area contributed by atoms with Crippen LogP contribution in [0.25, 0.3) is 31.3 Å². The summed E-state index contributed by atoms with van der Waals surface area (Å²) in [5, 5.41) is 2.66. The predicted octanol–water partition coefficient (Wildman–Crippen LogP) is 10.1. The summed E-state index contributed by atoms with van der Waals surface area (Å²) in [5.74, 6) is 3.91.